The third kappa shape index (κ3) is 5.39. The van der Waals surface area contributed by atoms with Gasteiger partial charge in [-0.05, 0) is 23.8 Å². The zero-order chi connectivity index (χ0) is 21.6. The van der Waals surface area contributed by atoms with Crippen molar-refractivity contribution in [3.63, 3.8) is 0 Å². The van der Waals surface area contributed by atoms with Gasteiger partial charge in [-0.15, -0.1) is 0 Å². The van der Waals surface area contributed by atoms with E-state index in [1.807, 2.05) is 0 Å². The second-order valence-corrected chi connectivity index (χ2v) is 6.11. The molecule has 0 atom stereocenters. The molecule has 2 aromatic rings. The molecule has 0 radical (unpaired) electrons. The minimum Gasteiger partial charge on any atom is -0.465 e. The molecule has 0 saturated heterocycles. The molecule has 7 nitrogen and oxygen atoms in total. The summed E-state index contributed by atoms with van der Waals surface area (Å²) in [6.45, 7) is 0.357. The van der Waals surface area contributed by atoms with Gasteiger partial charge in [-0.3, -0.25) is 0 Å². The normalized spacial score (nSPS) is 9.83. The molecule has 150 valence electrons. The highest BCUT2D eigenvalue weighted by Gasteiger charge is 2.23. The lowest BCUT2D eigenvalue weighted by Gasteiger charge is -2.15. The van der Waals surface area contributed by atoms with Gasteiger partial charge in [0.2, 0.25) is 0 Å². The van der Waals surface area contributed by atoms with E-state index in [0.29, 0.717) is 16.9 Å². The first-order valence-electron chi connectivity index (χ1n) is 8.49. The van der Waals surface area contributed by atoms with Gasteiger partial charge < -0.3 is 14.4 Å². The molecule has 0 fully saturated rings. The molecule has 0 bridgehead atoms. The van der Waals surface area contributed by atoms with Crippen LogP contribution in [-0.4, -0.2) is 50.0 Å². The molecule has 8 heteroatoms. The van der Waals surface area contributed by atoms with E-state index in [-0.39, 0.29) is 16.8 Å². The lowest BCUT2D eigenvalue weighted by atomic mass is 10.0. The van der Waals surface area contributed by atoms with Gasteiger partial charge in [-0.1, -0.05) is 24.0 Å². The number of amides is 1. The van der Waals surface area contributed by atoms with Crippen LogP contribution in [0.15, 0.2) is 36.4 Å². The summed E-state index contributed by atoms with van der Waals surface area (Å²) in [4.78, 5) is 36.7. The van der Waals surface area contributed by atoms with Gasteiger partial charge in [0.15, 0.2) is 7.05 Å². The zero-order valence-corrected chi connectivity index (χ0v) is 16.5. The minimum absolute atomic E-state index is 0.0743. The highest BCUT2D eigenvalue weighted by atomic mass is 19.1. The Labute approximate surface area is 167 Å². The first kappa shape index (κ1) is 21.6. The Morgan fingerprint density at radius 1 is 1.10 bits per heavy atom. The number of hydrogen-bond donors (Lipinski definition) is 0. The van der Waals surface area contributed by atoms with E-state index < -0.39 is 17.9 Å². The van der Waals surface area contributed by atoms with E-state index in [1.165, 1.54) is 19.1 Å². The average Bonchev–Trinajstić information content (AvgIpc) is 2.71. The smallest absolute Gasteiger partial charge is 0.409 e. The number of nitrogens with zero attached hydrogens (tertiary/aromatic N) is 2. The molecular formula is C21H20FN2O5+. The lowest BCUT2D eigenvalue weighted by molar-refractivity contribution is -0.428. The topological polar surface area (TPSA) is 75.9 Å². The monoisotopic (exact) mass is 399 g/mol. The summed E-state index contributed by atoms with van der Waals surface area (Å²) >= 11 is 0. The van der Waals surface area contributed by atoms with Crippen LogP contribution in [0.4, 0.5) is 14.9 Å². The van der Waals surface area contributed by atoms with Crippen LogP contribution in [0.25, 0.3) is 0 Å². The van der Waals surface area contributed by atoms with Crippen LogP contribution in [0.2, 0.25) is 0 Å². The average molecular weight is 399 g/mol. The summed E-state index contributed by atoms with van der Waals surface area (Å²) in [5.41, 5.74) is 1.34. The number of halogens is 1. The van der Waals surface area contributed by atoms with Gasteiger partial charge in [0.1, 0.15) is 11.4 Å². The number of benzene rings is 2. The molecule has 0 aliphatic carbocycles. The maximum Gasteiger partial charge on any atom is 0.409 e. The first-order chi connectivity index (χ1) is 13.8. The van der Waals surface area contributed by atoms with Gasteiger partial charge in [0.25, 0.3) is 5.69 Å². The molecule has 2 aromatic carbocycles. The number of ether oxygens (including phenoxy) is 2. The Bertz CT molecular complexity index is 1010. The molecule has 0 N–H and O–H groups in total. The molecule has 0 aliphatic rings. The fourth-order valence-electron chi connectivity index (χ4n) is 2.57. The molecule has 2 rings (SSSR count). The Hall–Kier alpha value is -3.73. The van der Waals surface area contributed by atoms with Gasteiger partial charge >= 0.3 is 12.1 Å². The van der Waals surface area contributed by atoms with Crippen molar-refractivity contribution < 1.29 is 28.2 Å². The van der Waals surface area contributed by atoms with E-state index in [0.717, 1.165) is 24.8 Å². The first-order valence-corrected chi connectivity index (χ1v) is 8.49. The van der Waals surface area contributed by atoms with Crippen LogP contribution in [-0.2, 0) is 16.0 Å². The predicted octanol–water partition coefficient (Wildman–Crippen LogP) is 3.25. The molecule has 29 heavy (non-hydrogen) atoms. The standard InChI is InChI=1S/C21H20FN2O5/c1-23(21(26)29-4)13-15-7-5-14(6-8-15)9-10-17-18(20(25)28-3)11-16(22)12-19(17)24(2)27/h5-8,11-12H,13H2,1-4H3/q+1. The molecule has 0 spiro atoms. The highest BCUT2D eigenvalue weighted by molar-refractivity contribution is 5.94. The van der Waals surface area contributed by atoms with E-state index in [4.69, 9.17) is 0 Å². The van der Waals surface area contributed by atoms with E-state index in [2.05, 4.69) is 21.3 Å². The molecular weight excluding hydrogens is 379 g/mol. The number of nitroso groups, excluding NO2 is 1. The van der Waals surface area contributed by atoms with E-state index in [1.54, 1.807) is 31.3 Å². The summed E-state index contributed by atoms with van der Waals surface area (Å²) in [5.74, 6) is 4.09. The van der Waals surface area contributed by atoms with Crippen LogP contribution < -0.4 is 0 Å². The van der Waals surface area contributed by atoms with E-state index in [9.17, 15) is 18.9 Å². The van der Waals surface area contributed by atoms with Gasteiger partial charge in [0.05, 0.1) is 25.8 Å². The lowest BCUT2D eigenvalue weighted by Crippen LogP contribution is -2.25. The number of methoxy groups -OCH3 is 2. The summed E-state index contributed by atoms with van der Waals surface area (Å²) in [6.07, 6.45) is -0.449. The second-order valence-electron chi connectivity index (χ2n) is 6.11. The Balaban J connectivity index is 2.37. The van der Waals surface area contributed by atoms with Gasteiger partial charge in [-0.2, -0.15) is 0 Å². The number of rotatable bonds is 4. The third-order valence-corrected chi connectivity index (χ3v) is 4.02. The van der Waals surface area contributed by atoms with Crippen LogP contribution >= 0.6 is 0 Å². The molecule has 0 aliphatic heterocycles. The molecule has 0 aromatic heterocycles. The van der Waals surface area contributed by atoms with Gasteiger partial charge in [0, 0.05) is 28.8 Å². The van der Waals surface area contributed by atoms with E-state index >= 15 is 0 Å². The number of esters is 1. The third-order valence-electron chi connectivity index (χ3n) is 4.02. The quantitative estimate of drug-likeness (QED) is 0.448. The maximum absolute atomic E-state index is 13.8. The van der Waals surface area contributed by atoms with Crippen LogP contribution in [0, 0.1) is 22.6 Å². The van der Waals surface area contributed by atoms with Gasteiger partial charge in [-0.25, -0.2) is 14.0 Å². The summed E-state index contributed by atoms with van der Waals surface area (Å²) in [7, 11) is 5.27. The Morgan fingerprint density at radius 2 is 1.76 bits per heavy atom. The molecule has 0 saturated carbocycles. The van der Waals surface area contributed by atoms with Crippen molar-refractivity contribution in [2.24, 2.45) is 0 Å². The highest BCUT2D eigenvalue weighted by Crippen LogP contribution is 2.24. The fourth-order valence-corrected chi connectivity index (χ4v) is 2.57. The van der Waals surface area contributed by atoms with Crippen LogP contribution in [0.3, 0.4) is 0 Å². The number of hydrogen-bond acceptors (Lipinski definition) is 5. The van der Waals surface area contributed by atoms with Crippen LogP contribution in [0.5, 0.6) is 0 Å². The number of carbonyl (C=O) groups excluding carboxylic acids is 2. The summed E-state index contributed by atoms with van der Waals surface area (Å²) in [6, 6.07) is 9.03. The summed E-state index contributed by atoms with van der Waals surface area (Å²) < 4.78 is 23.5. The Kier molecular flexibility index (Phi) is 7.04. The van der Waals surface area contributed by atoms with Crippen molar-refractivity contribution in [2.75, 3.05) is 28.3 Å². The molecule has 0 heterocycles. The fraction of sp³-hybridized carbons (Fsp3) is 0.238. The number of carbonyl (C=O) groups is 2. The SMILES string of the molecule is COC(=O)c1cc(F)cc([N+](C)=O)c1C#Cc1ccc(CN(C)C(=O)OC)cc1. The molecule has 1 amide bonds. The predicted molar refractivity (Wildman–Crippen MR) is 103 cm³/mol. The van der Waals surface area contributed by atoms with Crippen molar-refractivity contribution in [1.82, 2.24) is 4.90 Å². The zero-order valence-electron chi connectivity index (χ0n) is 16.5. The van der Waals surface area contributed by atoms with Crippen molar-refractivity contribution in [1.29, 1.82) is 0 Å². The van der Waals surface area contributed by atoms with Crippen LogP contribution in [0.1, 0.15) is 27.0 Å². The Morgan fingerprint density at radius 3 is 2.31 bits per heavy atom. The maximum atomic E-state index is 13.8. The van der Waals surface area contributed by atoms with Crippen molar-refractivity contribution in [3.05, 3.63) is 69.4 Å². The van der Waals surface area contributed by atoms with Crippen molar-refractivity contribution in [3.8, 4) is 11.8 Å². The van der Waals surface area contributed by atoms with Crippen molar-refractivity contribution >= 4 is 17.7 Å². The summed E-state index contributed by atoms with van der Waals surface area (Å²) in [5, 5.41) is 0. The molecule has 0 unspecified atom stereocenters. The van der Waals surface area contributed by atoms with Crippen molar-refractivity contribution in [2.45, 2.75) is 6.54 Å². The largest absolute Gasteiger partial charge is 0.465 e. The minimum atomic E-state index is -0.793. The second kappa shape index (κ2) is 9.46.